The molecule has 1 aliphatic carbocycles. The van der Waals surface area contributed by atoms with E-state index in [9.17, 15) is 0 Å². The molecule has 2 rings (SSSR count). The Morgan fingerprint density at radius 2 is 1.94 bits per heavy atom. The molecule has 0 spiro atoms. The summed E-state index contributed by atoms with van der Waals surface area (Å²) in [5.41, 5.74) is 1.40. The largest absolute Gasteiger partial charge is 0.312 e. The van der Waals surface area contributed by atoms with Gasteiger partial charge >= 0.3 is 0 Å². The summed E-state index contributed by atoms with van der Waals surface area (Å²) in [4.78, 5) is 2.59. The second-order valence-corrected chi connectivity index (χ2v) is 5.40. The normalized spacial score (nSPS) is 19.6. The summed E-state index contributed by atoms with van der Waals surface area (Å²) < 4.78 is 0. The number of nitrogens with zero attached hydrogens (tertiary/aromatic N) is 1. The van der Waals surface area contributed by atoms with E-state index in [4.69, 9.17) is 0 Å². The zero-order valence-corrected chi connectivity index (χ0v) is 11.9. The lowest BCUT2D eigenvalue weighted by Gasteiger charge is -2.43. The van der Waals surface area contributed by atoms with E-state index >= 15 is 0 Å². The van der Waals surface area contributed by atoms with Crippen LogP contribution in [0.3, 0.4) is 0 Å². The molecule has 18 heavy (non-hydrogen) atoms. The van der Waals surface area contributed by atoms with Gasteiger partial charge in [-0.3, -0.25) is 4.90 Å². The lowest BCUT2D eigenvalue weighted by molar-refractivity contribution is 0.0858. The molecule has 1 saturated carbocycles. The van der Waals surface area contributed by atoms with Crippen LogP contribution in [0.2, 0.25) is 0 Å². The van der Waals surface area contributed by atoms with Crippen molar-refractivity contribution < 1.29 is 0 Å². The van der Waals surface area contributed by atoms with Gasteiger partial charge in [-0.05, 0) is 38.9 Å². The Labute approximate surface area is 111 Å². The molecule has 2 nitrogen and oxygen atoms in total. The molecule has 2 heteroatoms. The predicted octanol–water partition coefficient (Wildman–Crippen LogP) is 3.21. The Morgan fingerprint density at radius 1 is 1.28 bits per heavy atom. The van der Waals surface area contributed by atoms with Gasteiger partial charge in [0.25, 0.3) is 0 Å². The van der Waals surface area contributed by atoms with Gasteiger partial charge < -0.3 is 5.32 Å². The van der Waals surface area contributed by atoms with Crippen LogP contribution in [0.25, 0.3) is 0 Å². The summed E-state index contributed by atoms with van der Waals surface area (Å²) in [5.74, 6) is 0. The van der Waals surface area contributed by atoms with Crippen LogP contribution in [0, 0.1) is 0 Å². The fourth-order valence-electron chi connectivity index (χ4n) is 3.07. The van der Waals surface area contributed by atoms with Crippen molar-refractivity contribution in [3.8, 4) is 0 Å². The highest BCUT2D eigenvalue weighted by molar-refractivity contribution is 5.20. The Bertz CT molecular complexity index is 345. The molecule has 2 unspecified atom stereocenters. The molecule has 1 aliphatic rings. The Hall–Kier alpha value is -0.860. The molecule has 0 heterocycles. The van der Waals surface area contributed by atoms with Gasteiger partial charge in [0.2, 0.25) is 0 Å². The van der Waals surface area contributed by atoms with E-state index in [-0.39, 0.29) is 0 Å². The maximum atomic E-state index is 3.51. The van der Waals surface area contributed by atoms with Crippen molar-refractivity contribution >= 4 is 0 Å². The van der Waals surface area contributed by atoms with E-state index < -0.39 is 0 Å². The van der Waals surface area contributed by atoms with Crippen molar-refractivity contribution in [1.29, 1.82) is 0 Å². The molecule has 1 aromatic carbocycles. The summed E-state index contributed by atoms with van der Waals surface area (Å²) in [6.07, 6.45) is 5.34. The van der Waals surface area contributed by atoms with Gasteiger partial charge in [0.05, 0.1) is 0 Å². The van der Waals surface area contributed by atoms with Gasteiger partial charge in [-0.1, -0.05) is 43.7 Å². The summed E-state index contributed by atoms with van der Waals surface area (Å²) in [7, 11) is 4.38. The molecule has 0 aromatic heterocycles. The molecule has 1 aromatic rings. The first-order valence-corrected chi connectivity index (χ1v) is 7.22. The van der Waals surface area contributed by atoms with Crippen molar-refractivity contribution in [3.05, 3.63) is 35.9 Å². The molecule has 1 N–H and O–H groups in total. The van der Waals surface area contributed by atoms with Crippen molar-refractivity contribution in [1.82, 2.24) is 10.2 Å². The van der Waals surface area contributed by atoms with Crippen LogP contribution < -0.4 is 5.32 Å². The number of nitrogens with one attached hydrogen (secondary N) is 1. The fourth-order valence-corrected chi connectivity index (χ4v) is 3.07. The van der Waals surface area contributed by atoms with Crippen LogP contribution in [-0.2, 0) is 0 Å². The summed E-state index contributed by atoms with van der Waals surface area (Å²) in [6.45, 7) is 2.30. The molecular weight excluding hydrogens is 220 g/mol. The van der Waals surface area contributed by atoms with Crippen molar-refractivity contribution in [3.63, 3.8) is 0 Å². The number of hydrogen-bond donors (Lipinski definition) is 1. The smallest absolute Gasteiger partial charge is 0.0475 e. The Balaban J connectivity index is 2.13. The van der Waals surface area contributed by atoms with E-state index in [0.717, 1.165) is 6.04 Å². The maximum absolute atomic E-state index is 3.51. The third-order valence-corrected chi connectivity index (χ3v) is 4.45. The minimum absolute atomic E-state index is 0.432. The number of likely N-dealkylation sites (N-methyl/N-ethyl adjacent to an activating group) is 2. The fraction of sp³-hybridized carbons (Fsp3) is 0.625. The average molecular weight is 246 g/mol. The zero-order chi connectivity index (χ0) is 13.0. The van der Waals surface area contributed by atoms with Crippen LogP contribution in [0.1, 0.15) is 44.2 Å². The monoisotopic (exact) mass is 246 g/mol. The van der Waals surface area contributed by atoms with Crippen LogP contribution in [0.5, 0.6) is 0 Å². The molecular formula is C16H26N2. The highest BCUT2D eigenvalue weighted by Crippen LogP contribution is 2.30. The SMILES string of the molecule is CCC(C(NC)c1ccccc1)N(C)C1CCC1. The van der Waals surface area contributed by atoms with E-state index in [1.807, 2.05) is 0 Å². The van der Waals surface area contributed by atoms with Crippen molar-refractivity contribution in [2.45, 2.75) is 50.7 Å². The lowest BCUT2D eigenvalue weighted by atomic mass is 9.88. The van der Waals surface area contributed by atoms with Gasteiger partial charge in [0, 0.05) is 18.1 Å². The lowest BCUT2D eigenvalue weighted by Crippen LogP contribution is -2.48. The highest BCUT2D eigenvalue weighted by Gasteiger charge is 2.31. The molecule has 0 radical (unpaired) electrons. The summed E-state index contributed by atoms with van der Waals surface area (Å²) in [6, 6.07) is 12.6. The molecule has 0 saturated heterocycles. The summed E-state index contributed by atoms with van der Waals surface area (Å²) >= 11 is 0. The van der Waals surface area contributed by atoms with E-state index in [1.54, 1.807) is 0 Å². The van der Waals surface area contributed by atoms with Gasteiger partial charge in [-0.25, -0.2) is 0 Å². The van der Waals surface area contributed by atoms with Crippen LogP contribution in [0.4, 0.5) is 0 Å². The van der Waals surface area contributed by atoms with E-state index in [2.05, 4.69) is 61.6 Å². The second-order valence-electron chi connectivity index (χ2n) is 5.40. The van der Waals surface area contributed by atoms with Gasteiger partial charge in [-0.15, -0.1) is 0 Å². The quantitative estimate of drug-likeness (QED) is 0.829. The number of benzene rings is 1. The third kappa shape index (κ3) is 2.76. The average Bonchev–Trinajstić information content (AvgIpc) is 2.34. The minimum Gasteiger partial charge on any atom is -0.312 e. The predicted molar refractivity (Wildman–Crippen MR) is 77.7 cm³/mol. The first-order valence-electron chi connectivity index (χ1n) is 7.22. The molecule has 0 bridgehead atoms. The Kier molecular flexibility index (Phi) is 4.79. The minimum atomic E-state index is 0.432. The molecule has 2 atom stereocenters. The topological polar surface area (TPSA) is 15.3 Å². The zero-order valence-electron chi connectivity index (χ0n) is 11.9. The van der Waals surface area contributed by atoms with Gasteiger partial charge in [0.15, 0.2) is 0 Å². The van der Waals surface area contributed by atoms with Crippen LogP contribution >= 0.6 is 0 Å². The first-order chi connectivity index (χ1) is 8.77. The van der Waals surface area contributed by atoms with Crippen LogP contribution in [-0.4, -0.2) is 31.1 Å². The first kappa shape index (κ1) is 13.6. The van der Waals surface area contributed by atoms with Crippen molar-refractivity contribution in [2.24, 2.45) is 0 Å². The second kappa shape index (κ2) is 6.35. The standard InChI is InChI=1S/C16H26N2/c1-4-15(18(3)14-11-8-12-14)16(17-2)13-9-6-5-7-10-13/h5-7,9-10,14-17H,4,8,11-12H2,1-3H3. The van der Waals surface area contributed by atoms with Gasteiger partial charge in [-0.2, -0.15) is 0 Å². The number of hydrogen-bond acceptors (Lipinski definition) is 2. The number of rotatable bonds is 6. The maximum Gasteiger partial charge on any atom is 0.0475 e. The van der Waals surface area contributed by atoms with Crippen LogP contribution in [0.15, 0.2) is 30.3 Å². The molecule has 1 fully saturated rings. The van der Waals surface area contributed by atoms with Crippen molar-refractivity contribution in [2.75, 3.05) is 14.1 Å². The van der Waals surface area contributed by atoms with Gasteiger partial charge in [0.1, 0.15) is 0 Å². The highest BCUT2D eigenvalue weighted by atomic mass is 15.2. The van der Waals surface area contributed by atoms with E-state index in [1.165, 1.54) is 31.2 Å². The summed E-state index contributed by atoms with van der Waals surface area (Å²) in [5, 5.41) is 3.51. The Morgan fingerprint density at radius 3 is 2.39 bits per heavy atom. The van der Waals surface area contributed by atoms with E-state index in [0.29, 0.717) is 12.1 Å². The molecule has 0 amide bonds. The molecule has 100 valence electrons. The molecule has 0 aliphatic heterocycles. The third-order valence-electron chi connectivity index (χ3n) is 4.45.